The summed E-state index contributed by atoms with van der Waals surface area (Å²) in [6.07, 6.45) is 0.555. The lowest BCUT2D eigenvalue weighted by Gasteiger charge is -2.25. The van der Waals surface area contributed by atoms with E-state index in [1.807, 2.05) is 35.7 Å². The number of nitrogens with zero attached hydrogens (tertiary/aromatic N) is 3. The number of carbonyl (C=O) groups excluding carboxylic acids is 2. The predicted molar refractivity (Wildman–Crippen MR) is 108 cm³/mol. The SMILES string of the molecule is COc1ccc(OC)c(C2CC(c3cccs3)=NN2C(=O)CN(C)C(C)=O)c1. The van der Waals surface area contributed by atoms with Gasteiger partial charge in [0.25, 0.3) is 5.91 Å². The minimum atomic E-state index is -0.338. The quantitative estimate of drug-likeness (QED) is 0.746. The summed E-state index contributed by atoms with van der Waals surface area (Å²) in [6.45, 7) is 1.39. The van der Waals surface area contributed by atoms with Crippen molar-refractivity contribution >= 4 is 28.9 Å². The Kier molecular flexibility index (Phi) is 5.99. The average molecular weight is 401 g/mol. The normalized spacial score (nSPS) is 15.9. The van der Waals surface area contributed by atoms with Crippen molar-refractivity contribution in [1.29, 1.82) is 0 Å². The topological polar surface area (TPSA) is 71.4 Å². The van der Waals surface area contributed by atoms with E-state index in [2.05, 4.69) is 5.10 Å². The molecule has 0 saturated carbocycles. The number of methoxy groups -OCH3 is 2. The molecule has 0 radical (unpaired) electrons. The second-order valence-electron chi connectivity index (χ2n) is 6.47. The molecule has 1 unspecified atom stereocenters. The number of benzene rings is 1. The third-order valence-corrected chi connectivity index (χ3v) is 5.60. The second-order valence-corrected chi connectivity index (χ2v) is 7.41. The van der Waals surface area contributed by atoms with E-state index >= 15 is 0 Å². The molecule has 0 bridgehead atoms. The van der Waals surface area contributed by atoms with Gasteiger partial charge in [-0.15, -0.1) is 11.3 Å². The maximum atomic E-state index is 13.0. The molecule has 0 saturated heterocycles. The van der Waals surface area contributed by atoms with Gasteiger partial charge in [0.2, 0.25) is 5.91 Å². The highest BCUT2D eigenvalue weighted by Gasteiger charge is 2.35. The standard InChI is InChI=1S/C20H23N3O4S/c1-13(24)22(2)12-20(25)23-17(11-16(21-23)19-6-5-9-28-19)15-10-14(26-3)7-8-18(15)27-4/h5-10,17H,11-12H2,1-4H3. The molecule has 1 atom stereocenters. The molecule has 3 rings (SSSR count). The molecule has 0 aliphatic carbocycles. The van der Waals surface area contributed by atoms with Gasteiger partial charge in [-0.2, -0.15) is 5.10 Å². The number of rotatable bonds is 6. The van der Waals surface area contributed by atoms with Crippen LogP contribution < -0.4 is 9.47 Å². The molecule has 2 aromatic rings. The number of hydrogen-bond donors (Lipinski definition) is 0. The van der Waals surface area contributed by atoms with Gasteiger partial charge < -0.3 is 14.4 Å². The first-order chi connectivity index (χ1) is 13.4. The van der Waals surface area contributed by atoms with E-state index < -0.39 is 0 Å². The second kappa shape index (κ2) is 8.43. The molecule has 1 aliphatic heterocycles. The van der Waals surface area contributed by atoms with Crippen LogP contribution in [0.5, 0.6) is 11.5 Å². The molecule has 1 aliphatic rings. The molecule has 0 spiro atoms. The third-order valence-electron chi connectivity index (χ3n) is 4.68. The van der Waals surface area contributed by atoms with Crippen molar-refractivity contribution in [3.8, 4) is 11.5 Å². The van der Waals surface area contributed by atoms with Gasteiger partial charge in [-0.3, -0.25) is 9.59 Å². The molecule has 8 heteroatoms. The number of hydrazone groups is 1. The zero-order valence-corrected chi connectivity index (χ0v) is 17.2. The number of carbonyl (C=O) groups is 2. The Morgan fingerprint density at radius 3 is 2.68 bits per heavy atom. The van der Waals surface area contributed by atoms with Crippen LogP contribution in [0.1, 0.15) is 29.8 Å². The van der Waals surface area contributed by atoms with Crippen LogP contribution in [0.4, 0.5) is 0 Å². The van der Waals surface area contributed by atoms with Crippen molar-refractivity contribution in [2.75, 3.05) is 27.8 Å². The monoisotopic (exact) mass is 401 g/mol. The Labute approximate surface area is 168 Å². The van der Waals surface area contributed by atoms with Crippen molar-refractivity contribution in [3.63, 3.8) is 0 Å². The molecule has 0 N–H and O–H groups in total. The van der Waals surface area contributed by atoms with E-state index in [9.17, 15) is 9.59 Å². The summed E-state index contributed by atoms with van der Waals surface area (Å²) >= 11 is 1.58. The van der Waals surface area contributed by atoms with E-state index in [4.69, 9.17) is 9.47 Å². The molecule has 1 aromatic heterocycles. The van der Waals surface area contributed by atoms with E-state index in [-0.39, 0.29) is 24.4 Å². The van der Waals surface area contributed by atoms with Crippen LogP contribution in [-0.4, -0.2) is 55.2 Å². The van der Waals surface area contributed by atoms with Crippen molar-refractivity contribution in [2.24, 2.45) is 5.10 Å². The van der Waals surface area contributed by atoms with Crippen LogP contribution in [0.3, 0.4) is 0 Å². The van der Waals surface area contributed by atoms with E-state index in [1.54, 1.807) is 32.6 Å². The van der Waals surface area contributed by atoms with Crippen LogP contribution in [0.15, 0.2) is 40.8 Å². The fraction of sp³-hybridized carbons (Fsp3) is 0.350. The smallest absolute Gasteiger partial charge is 0.262 e. The van der Waals surface area contributed by atoms with Gasteiger partial charge in [0.05, 0.1) is 30.9 Å². The van der Waals surface area contributed by atoms with Crippen LogP contribution >= 0.6 is 11.3 Å². The number of ether oxygens (including phenoxy) is 2. The van der Waals surface area contributed by atoms with Crippen LogP contribution in [0.25, 0.3) is 0 Å². The van der Waals surface area contributed by atoms with Crippen molar-refractivity contribution < 1.29 is 19.1 Å². The number of amides is 2. The molecule has 28 heavy (non-hydrogen) atoms. The average Bonchev–Trinajstić information content (AvgIpc) is 3.36. The molecule has 2 heterocycles. The maximum absolute atomic E-state index is 13.0. The summed E-state index contributed by atoms with van der Waals surface area (Å²) in [5.41, 5.74) is 1.65. The van der Waals surface area contributed by atoms with Gasteiger partial charge in [0, 0.05) is 26.0 Å². The summed E-state index contributed by atoms with van der Waals surface area (Å²) in [5, 5.41) is 8.05. The van der Waals surface area contributed by atoms with Crippen LogP contribution in [0, 0.1) is 0 Å². The molecular formula is C20H23N3O4S. The summed E-state index contributed by atoms with van der Waals surface area (Å²) in [6, 6.07) is 9.10. The highest BCUT2D eigenvalue weighted by atomic mass is 32.1. The van der Waals surface area contributed by atoms with Gasteiger partial charge >= 0.3 is 0 Å². The zero-order valence-electron chi connectivity index (χ0n) is 16.3. The van der Waals surface area contributed by atoms with E-state index in [1.165, 1.54) is 16.8 Å². The Morgan fingerprint density at radius 1 is 1.29 bits per heavy atom. The first-order valence-corrected chi connectivity index (χ1v) is 9.69. The fourth-order valence-corrected chi connectivity index (χ4v) is 3.78. The Morgan fingerprint density at radius 2 is 2.07 bits per heavy atom. The van der Waals surface area contributed by atoms with Gasteiger partial charge in [-0.05, 0) is 29.6 Å². The Hall–Kier alpha value is -2.87. The lowest BCUT2D eigenvalue weighted by molar-refractivity contribution is -0.139. The lowest BCUT2D eigenvalue weighted by atomic mass is 9.99. The van der Waals surface area contributed by atoms with Crippen LogP contribution in [-0.2, 0) is 9.59 Å². The Bertz CT molecular complexity index is 895. The summed E-state index contributed by atoms with van der Waals surface area (Å²) in [7, 11) is 4.79. The summed E-state index contributed by atoms with van der Waals surface area (Å²) in [4.78, 5) is 26.9. The molecule has 2 amide bonds. The first kappa shape index (κ1) is 19.9. The summed E-state index contributed by atoms with van der Waals surface area (Å²) < 4.78 is 10.9. The van der Waals surface area contributed by atoms with Gasteiger partial charge in [0.1, 0.15) is 18.0 Å². The maximum Gasteiger partial charge on any atom is 0.262 e. The molecular weight excluding hydrogens is 378 g/mol. The van der Waals surface area contributed by atoms with Crippen molar-refractivity contribution in [2.45, 2.75) is 19.4 Å². The van der Waals surface area contributed by atoms with Gasteiger partial charge in [0.15, 0.2) is 0 Å². The third kappa shape index (κ3) is 4.01. The number of hydrogen-bond acceptors (Lipinski definition) is 6. The highest BCUT2D eigenvalue weighted by molar-refractivity contribution is 7.12. The van der Waals surface area contributed by atoms with Crippen molar-refractivity contribution in [1.82, 2.24) is 9.91 Å². The largest absolute Gasteiger partial charge is 0.497 e. The lowest BCUT2D eigenvalue weighted by Crippen LogP contribution is -2.38. The minimum absolute atomic E-state index is 0.0423. The zero-order chi connectivity index (χ0) is 20.3. The van der Waals surface area contributed by atoms with Crippen LogP contribution in [0.2, 0.25) is 0 Å². The molecule has 0 fully saturated rings. The fourth-order valence-electron chi connectivity index (χ4n) is 3.06. The van der Waals surface area contributed by atoms with E-state index in [0.29, 0.717) is 17.9 Å². The molecule has 7 nitrogen and oxygen atoms in total. The predicted octanol–water partition coefficient (Wildman–Crippen LogP) is 2.92. The van der Waals surface area contributed by atoms with Crippen molar-refractivity contribution in [3.05, 3.63) is 46.2 Å². The first-order valence-electron chi connectivity index (χ1n) is 8.81. The van der Waals surface area contributed by atoms with Gasteiger partial charge in [-0.25, -0.2) is 5.01 Å². The Balaban J connectivity index is 1.99. The molecule has 148 valence electrons. The minimum Gasteiger partial charge on any atom is -0.497 e. The number of likely N-dealkylation sites (N-methyl/N-ethyl adjacent to an activating group) is 1. The van der Waals surface area contributed by atoms with Gasteiger partial charge in [-0.1, -0.05) is 6.07 Å². The highest BCUT2D eigenvalue weighted by Crippen LogP contribution is 2.39. The van der Waals surface area contributed by atoms with E-state index in [0.717, 1.165) is 16.2 Å². The number of thiophene rings is 1. The summed E-state index contributed by atoms with van der Waals surface area (Å²) in [5.74, 6) is 0.907. The molecule has 1 aromatic carbocycles.